The van der Waals surface area contributed by atoms with Gasteiger partial charge in [0, 0.05) is 5.25 Å². The number of carbonyl (C=O) groups excluding carboxylic acids is 1. The Morgan fingerprint density at radius 1 is 1.67 bits per heavy atom. The molecule has 0 bridgehead atoms. The summed E-state index contributed by atoms with van der Waals surface area (Å²) in [6, 6.07) is 0. The van der Waals surface area contributed by atoms with Crippen LogP contribution in [-0.4, -0.2) is 18.7 Å². The molecule has 0 aromatic heterocycles. The zero-order chi connectivity index (χ0) is 9.61. The maximum atomic E-state index is 11.7. The largest absolute Gasteiger partial charge is 0.292 e. The van der Waals surface area contributed by atoms with Crippen molar-refractivity contribution in [2.24, 2.45) is 0 Å². The SMILES string of the molecule is CCC(C)SP(=O)(NC)NC=O. The minimum Gasteiger partial charge on any atom is -0.290 e. The fourth-order valence-corrected chi connectivity index (χ4v) is 4.23. The van der Waals surface area contributed by atoms with Crippen LogP contribution in [0.15, 0.2) is 0 Å². The van der Waals surface area contributed by atoms with Crippen LogP contribution in [0.3, 0.4) is 0 Å². The number of hydrogen-bond donors (Lipinski definition) is 2. The van der Waals surface area contributed by atoms with Gasteiger partial charge in [-0.3, -0.25) is 14.4 Å². The number of nitrogens with one attached hydrogen (secondary N) is 2. The summed E-state index contributed by atoms with van der Waals surface area (Å²) < 4.78 is 11.7. The fraction of sp³-hybridized carbons (Fsp3) is 0.833. The van der Waals surface area contributed by atoms with Gasteiger partial charge in [0.1, 0.15) is 0 Å². The Balaban J connectivity index is 4.13. The first-order valence-corrected chi connectivity index (χ1v) is 6.96. The first-order valence-electron chi connectivity index (χ1n) is 3.77. The van der Waals surface area contributed by atoms with Crippen molar-refractivity contribution in [2.75, 3.05) is 7.05 Å². The Labute approximate surface area is 77.1 Å². The van der Waals surface area contributed by atoms with E-state index in [-0.39, 0.29) is 5.25 Å². The lowest BCUT2D eigenvalue weighted by Gasteiger charge is -2.17. The molecule has 4 nitrogen and oxygen atoms in total. The molecule has 0 saturated carbocycles. The lowest BCUT2D eigenvalue weighted by Crippen LogP contribution is -2.17. The fourth-order valence-electron chi connectivity index (χ4n) is 0.545. The monoisotopic (exact) mass is 210 g/mol. The Bertz CT molecular complexity index is 188. The van der Waals surface area contributed by atoms with Gasteiger partial charge in [-0.05, 0) is 13.5 Å². The molecule has 0 aliphatic heterocycles. The summed E-state index contributed by atoms with van der Waals surface area (Å²) in [6.45, 7) is 1.26. The maximum Gasteiger partial charge on any atom is 0.292 e. The van der Waals surface area contributed by atoms with E-state index < -0.39 is 6.65 Å². The Hall–Kier alpha value is 0.0100. The van der Waals surface area contributed by atoms with E-state index in [0.29, 0.717) is 6.41 Å². The number of rotatable bonds is 6. The molecular formula is C6H15N2O2PS. The van der Waals surface area contributed by atoms with E-state index in [2.05, 4.69) is 10.2 Å². The van der Waals surface area contributed by atoms with Crippen LogP contribution in [0.25, 0.3) is 0 Å². The summed E-state index contributed by atoms with van der Waals surface area (Å²) in [5.41, 5.74) is 0. The van der Waals surface area contributed by atoms with Gasteiger partial charge < -0.3 is 0 Å². The van der Waals surface area contributed by atoms with Crippen molar-refractivity contribution in [3.63, 3.8) is 0 Å². The highest BCUT2D eigenvalue weighted by Gasteiger charge is 2.21. The van der Waals surface area contributed by atoms with Crippen LogP contribution in [0.1, 0.15) is 20.3 Å². The van der Waals surface area contributed by atoms with Crippen LogP contribution in [0.5, 0.6) is 0 Å². The van der Waals surface area contributed by atoms with Gasteiger partial charge >= 0.3 is 0 Å². The summed E-state index contributed by atoms with van der Waals surface area (Å²) in [5, 5.41) is 5.20. The van der Waals surface area contributed by atoms with Crippen LogP contribution in [0.2, 0.25) is 0 Å². The van der Waals surface area contributed by atoms with E-state index in [1.54, 1.807) is 7.05 Å². The molecular weight excluding hydrogens is 195 g/mol. The van der Waals surface area contributed by atoms with E-state index in [1.807, 2.05) is 13.8 Å². The lowest BCUT2D eigenvalue weighted by atomic mass is 10.4. The van der Waals surface area contributed by atoms with Gasteiger partial charge in [0.2, 0.25) is 6.41 Å². The van der Waals surface area contributed by atoms with E-state index in [4.69, 9.17) is 0 Å². The quantitative estimate of drug-likeness (QED) is 0.516. The molecule has 0 aromatic carbocycles. The third-order valence-electron chi connectivity index (χ3n) is 1.42. The molecule has 72 valence electrons. The average Bonchev–Trinajstić information content (AvgIpc) is 2.05. The van der Waals surface area contributed by atoms with Crippen LogP contribution >= 0.6 is 18.0 Å². The summed E-state index contributed by atoms with van der Waals surface area (Å²) >= 11 is 1.27. The van der Waals surface area contributed by atoms with Gasteiger partial charge in [-0.25, -0.2) is 5.09 Å². The summed E-state index contributed by atoms with van der Waals surface area (Å²) in [7, 11) is 1.58. The molecule has 12 heavy (non-hydrogen) atoms. The minimum absolute atomic E-state index is 0.274. The van der Waals surface area contributed by atoms with Crippen molar-refractivity contribution in [3.05, 3.63) is 0 Å². The van der Waals surface area contributed by atoms with Gasteiger partial charge in [0.15, 0.2) is 0 Å². The highest BCUT2D eigenvalue weighted by Crippen LogP contribution is 2.52. The molecule has 0 aliphatic rings. The predicted molar refractivity (Wildman–Crippen MR) is 53.2 cm³/mol. The topological polar surface area (TPSA) is 58.2 Å². The van der Waals surface area contributed by atoms with Crippen LogP contribution in [0, 0.1) is 0 Å². The molecule has 0 heterocycles. The van der Waals surface area contributed by atoms with E-state index in [9.17, 15) is 9.36 Å². The summed E-state index contributed by atoms with van der Waals surface area (Å²) in [4.78, 5) is 10.1. The van der Waals surface area contributed by atoms with Crippen molar-refractivity contribution < 1.29 is 9.36 Å². The second-order valence-electron chi connectivity index (χ2n) is 2.35. The molecule has 0 rings (SSSR count). The zero-order valence-electron chi connectivity index (χ0n) is 7.53. The normalized spacial score (nSPS) is 17.9. The van der Waals surface area contributed by atoms with Gasteiger partial charge in [-0.15, -0.1) is 0 Å². The van der Waals surface area contributed by atoms with Gasteiger partial charge in [0.25, 0.3) is 6.65 Å². The van der Waals surface area contributed by atoms with Gasteiger partial charge in [-0.1, -0.05) is 25.2 Å². The summed E-state index contributed by atoms with van der Waals surface area (Å²) in [5.74, 6) is 0. The zero-order valence-corrected chi connectivity index (χ0v) is 9.24. The second kappa shape index (κ2) is 5.62. The molecule has 2 unspecified atom stereocenters. The molecule has 6 heteroatoms. The first-order chi connectivity index (χ1) is 5.58. The molecule has 0 saturated heterocycles. The van der Waals surface area contributed by atoms with Crippen molar-refractivity contribution in [3.8, 4) is 0 Å². The molecule has 0 fully saturated rings. The second-order valence-corrected chi connectivity index (χ2v) is 7.35. The van der Waals surface area contributed by atoms with Crippen LogP contribution in [-0.2, 0) is 9.36 Å². The molecule has 2 N–H and O–H groups in total. The van der Waals surface area contributed by atoms with Crippen molar-refractivity contribution in [2.45, 2.75) is 25.5 Å². The third kappa shape index (κ3) is 4.14. The lowest BCUT2D eigenvalue weighted by molar-refractivity contribution is -0.108. The minimum atomic E-state index is -2.72. The molecule has 0 radical (unpaired) electrons. The molecule has 2 atom stereocenters. The van der Waals surface area contributed by atoms with Crippen molar-refractivity contribution >= 4 is 24.4 Å². The summed E-state index contributed by atoms with van der Waals surface area (Å²) in [6.07, 6.45) is 1.39. The van der Waals surface area contributed by atoms with Crippen LogP contribution < -0.4 is 10.2 Å². The molecule has 0 spiro atoms. The third-order valence-corrected chi connectivity index (χ3v) is 6.28. The number of amides is 1. The van der Waals surface area contributed by atoms with Gasteiger partial charge in [0.05, 0.1) is 0 Å². The standard InChI is InChI=1S/C6H15N2O2PS/c1-4-6(2)12-11(10,7-3)8-5-9/h5-6H,4H2,1-3H3,(H2,7,8,9,10). The smallest absolute Gasteiger partial charge is 0.290 e. The van der Waals surface area contributed by atoms with E-state index >= 15 is 0 Å². The van der Waals surface area contributed by atoms with Crippen LogP contribution in [0.4, 0.5) is 0 Å². The van der Waals surface area contributed by atoms with E-state index in [1.165, 1.54) is 11.4 Å². The average molecular weight is 210 g/mol. The molecule has 1 amide bonds. The van der Waals surface area contributed by atoms with E-state index in [0.717, 1.165) is 6.42 Å². The number of hydrogen-bond acceptors (Lipinski definition) is 3. The highest BCUT2D eigenvalue weighted by molar-refractivity contribution is 8.57. The molecule has 0 aliphatic carbocycles. The number of carbonyl (C=O) groups is 1. The Morgan fingerprint density at radius 3 is 2.58 bits per heavy atom. The Kier molecular flexibility index (Phi) is 5.63. The van der Waals surface area contributed by atoms with Crippen molar-refractivity contribution in [1.82, 2.24) is 10.2 Å². The predicted octanol–water partition coefficient (Wildman–Crippen LogP) is 1.59. The van der Waals surface area contributed by atoms with Crippen molar-refractivity contribution in [1.29, 1.82) is 0 Å². The Morgan fingerprint density at radius 2 is 2.25 bits per heavy atom. The van der Waals surface area contributed by atoms with Gasteiger partial charge in [-0.2, -0.15) is 0 Å². The maximum absolute atomic E-state index is 11.7. The highest BCUT2D eigenvalue weighted by atomic mass is 32.7. The first kappa shape index (κ1) is 12.0. The molecule has 0 aromatic rings.